The molecule has 0 amide bonds. The quantitative estimate of drug-likeness (QED) is 0.247. The van der Waals surface area contributed by atoms with Crippen LogP contribution in [-0.2, 0) is 17.6 Å². The molecular formula is C34H45N5O2. The number of carboxylic acids is 1. The monoisotopic (exact) mass is 555 g/mol. The van der Waals surface area contributed by atoms with Gasteiger partial charge in [0.25, 0.3) is 0 Å². The molecule has 1 heterocycles. The number of rotatable bonds is 11. The maximum Gasteiger partial charge on any atom is 0.306 e. The number of carboxylic acid groups (broad SMARTS) is 1. The van der Waals surface area contributed by atoms with Crippen molar-refractivity contribution in [1.82, 2.24) is 14.9 Å². The Balaban J connectivity index is 1.44. The van der Waals surface area contributed by atoms with E-state index < -0.39 is 5.97 Å². The van der Waals surface area contributed by atoms with Crippen molar-refractivity contribution >= 4 is 17.7 Å². The average Bonchev–Trinajstić information content (AvgIpc) is 3.00. The predicted octanol–water partition coefficient (Wildman–Crippen LogP) is 6.55. The van der Waals surface area contributed by atoms with E-state index >= 15 is 0 Å². The average molecular weight is 556 g/mol. The SMILES string of the molecule is CC[C@@H](Nc1nc2c(c(N[C@@H](CN(C)C)c3ccccc3)n1)C[C@H](c1ccccc1)CC2)C1CCC(C(=O)O)CC1. The van der Waals surface area contributed by atoms with Gasteiger partial charge in [-0.05, 0) is 88.4 Å². The van der Waals surface area contributed by atoms with Crippen molar-refractivity contribution in [2.24, 2.45) is 11.8 Å². The fourth-order valence-corrected chi connectivity index (χ4v) is 6.74. The smallest absolute Gasteiger partial charge is 0.306 e. The number of fused-ring (bicyclic) bond motifs is 1. The third kappa shape index (κ3) is 7.25. The van der Waals surface area contributed by atoms with E-state index in [4.69, 9.17) is 9.97 Å². The summed E-state index contributed by atoms with van der Waals surface area (Å²) in [5.41, 5.74) is 4.98. The lowest BCUT2D eigenvalue weighted by Gasteiger charge is -2.33. The van der Waals surface area contributed by atoms with Crippen LogP contribution in [0.4, 0.5) is 11.8 Å². The van der Waals surface area contributed by atoms with Crippen LogP contribution >= 0.6 is 0 Å². The van der Waals surface area contributed by atoms with Gasteiger partial charge in [-0.2, -0.15) is 4.98 Å². The molecule has 1 aromatic heterocycles. The Bertz CT molecular complexity index is 1280. The molecule has 0 bridgehead atoms. The van der Waals surface area contributed by atoms with Gasteiger partial charge in [0.15, 0.2) is 0 Å². The minimum Gasteiger partial charge on any atom is -0.481 e. The summed E-state index contributed by atoms with van der Waals surface area (Å²) in [4.78, 5) is 24.0. The Morgan fingerprint density at radius 1 is 0.951 bits per heavy atom. The fourth-order valence-electron chi connectivity index (χ4n) is 6.74. The van der Waals surface area contributed by atoms with Crippen LogP contribution in [0.25, 0.3) is 0 Å². The molecule has 3 atom stereocenters. The number of likely N-dealkylation sites (N-methyl/N-ethyl adjacent to an activating group) is 1. The fraction of sp³-hybridized carbons (Fsp3) is 0.500. The van der Waals surface area contributed by atoms with Crippen molar-refractivity contribution in [1.29, 1.82) is 0 Å². The first-order valence-corrected chi connectivity index (χ1v) is 15.3. The van der Waals surface area contributed by atoms with Gasteiger partial charge in [-0.1, -0.05) is 67.6 Å². The van der Waals surface area contributed by atoms with E-state index in [2.05, 4.69) is 97.2 Å². The molecule has 7 heteroatoms. The van der Waals surface area contributed by atoms with Gasteiger partial charge >= 0.3 is 5.97 Å². The highest BCUT2D eigenvalue weighted by molar-refractivity contribution is 5.70. The van der Waals surface area contributed by atoms with Crippen molar-refractivity contribution in [3.63, 3.8) is 0 Å². The Morgan fingerprint density at radius 2 is 1.63 bits per heavy atom. The molecule has 41 heavy (non-hydrogen) atoms. The van der Waals surface area contributed by atoms with Gasteiger partial charge in [0.2, 0.25) is 5.95 Å². The molecule has 2 aliphatic carbocycles. The van der Waals surface area contributed by atoms with E-state index in [1.165, 1.54) is 16.7 Å². The number of aromatic nitrogens is 2. The van der Waals surface area contributed by atoms with Crippen LogP contribution in [0.15, 0.2) is 60.7 Å². The Kier molecular flexibility index (Phi) is 9.55. The number of anilines is 2. The van der Waals surface area contributed by atoms with Crippen molar-refractivity contribution < 1.29 is 9.90 Å². The minimum atomic E-state index is -0.655. The molecule has 5 rings (SSSR count). The zero-order chi connectivity index (χ0) is 28.8. The number of nitrogens with one attached hydrogen (secondary N) is 2. The standard InChI is InChI=1S/C34H45N5O2/c1-4-29(25-15-17-26(18-16-25)33(40)41)36-34-37-30-20-19-27(23-11-7-5-8-12-23)21-28(30)32(38-34)35-31(22-39(2)3)24-13-9-6-10-14-24/h5-14,25-27,29,31H,4,15-22H2,1-3H3,(H,40,41)(H2,35,36,37,38)/t25?,26?,27-,29-,31+/m1/s1. The molecule has 0 aliphatic heterocycles. The number of carbonyl (C=O) groups is 1. The maximum atomic E-state index is 11.5. The number of nitrogens with zero attached hydrogens (tertiary/aromatic N) is 3. The van der Waals surface area contributed by atoms with Gasteiger partial charge < -0.3 is 20.6 Å². The lowest BCUT2D eigenvalue weighted by Crippen LogP contribution is -2.34. The van der Waals surface area contributed by atoms with E-state index in [0.29, 0.717) is 17.8 Å². The molecule has 3 aromatic rings. The van der Waals surface area contributed by atoms with Gasteiger partial charge in [-0.3, -0.25) is 4.79 Å². The normalized spacial score (nSPS) is 22.0. The molecule has 1 fully saturated rings. The maximum absolute atomic E-state index is 11.5. The van der Waals surface area contributed by atoms with Crippen LogP contribution in [0.2, 0.25) is 0 Å². The molecule has 218 valence electrons. The van der Waals surface area contributed by atoms with Crippen molar-refractivity contribution in [2.45, 2.75) is 76.3 Å². The van der Waals surface area contributed by atoms with Crippen molar-refractivity contribution in [3.8, 4) is 0 Å². The highest BCUT2D eigenvalue weighted by atomic mass is 16.4. The summed E-state index contributed by atoms with van der Waals surface area (Å²) in [6.07, 6.45) is 7.22. The summed E-state index contributed by atoms with van der Waals surface area (Å²) in [6, 6.07) is 21.7. The summed E-state index contributed by atoms with van der Waals surface area (Å²) in [7, 11) is 4.22. The van der Waals surface area contributed by atoms with Crippen LogP contribution < -0.4 is 10.6 Å². The second kappa shape index (κ2) is 13.5. The highest BCUT2D eigenvalue weighted by Gasteiger charge is 2.31. The zero-order valence-corrected chi connectivity index (χ0v) is 24.7. The summed E-state index contributed by atoms with van der Waals surface area (Å²) < 4.78 is 0. The Labute approximate surface area is 244 Å². The van der Waals surface area contributed by atoms with Gasteiger partial charge in [-0.25, -0.2) is 4.98 Å². The van der Waals surface area contributed by atoms with Gasteiger partial charge in [0.1, 0.15) is 5.82 Å². The van der Waals surface area contributed by atoms with E-state index in [1.807, 2.05) is 0 Å². The first-order chi connectivity index (χ1) is 19.9. The second-order valence-corrected chi connectivity index (χ2v) is 12.2. The highest BCUT2D eigenvalue weighted by Crippen LogP contribution is 2.38. The van der Waals surface area contributed by atoms with E-state index in [1.54, 1.807) is 0 Å². The first kappa shape index (κ1) is 29.1. The summed E-state index contributed by atoms with van der Waals surface area (Å²) >= 11 is 0. The summed E-state index contributed by atoms with van der Waals surface area (Å²) in [5, 5.41) is 17.0. The van der Waals surface area contributed by atoms with Crippen LogP contribution in [-0.4, -0.2) is 52.6 Å². The van der Waals surface area contributed by atoms with E-state index in [0.717, 1.165) is 69.4 Å². The first-order valence-electron chi connectivity index (χ1n) is 15.3. The number of hydrogen-bond acceptors (Lipinski definition) is 6. The molecule has 1 saturated carbocycles. The minimum absolute atomic E-state index is 0.0865. The van der Waals surface area contributed by atoms with Crippen molar-refractivity contribution in [2.75, 3.05) is 31.3 Å². The second-order valence-electron chi connectivity index (χ2n) is 12.2. The van der Waals surface area contributed by atoms with Crippen LogP contribution in [0.3, 0.4) is 0 Å². The van der Waals surface area contributed by atoms with Gasteiger partial charge in [0, 0.05) is 18.2 Å². The molecule has 2 aliphatic rings. The Morgan fingerprint density at radius 3 is 2.27 bits per heavy atom. The number of benzene rings is 2. The largest absolute Gasteiger partial charge is 0.481 e. The molecular weight excluding hydrogens is 510 g/mol. The zero-order valence-electron chi connectivity index (χ0n) is 24.7. The van der Waals surface area contributed by atoms with E-state index in [9.17, 15) is 9.90 Å². The molecule has 0 unspecified atom stereocenters. The Hall–Kier alpha value is -3.45. The van der Waals surface area contributed by atoms with Gasteiger partial charge in [-0.15, -0.1) is 0 Å². The van der Waals surface area contributed by atoms with E-state index in [-0.39, 0.29) is 18.0 Å². The topological polar surface area (TPSA) is 90.4 Å². The molecule has 0 radical (unpaired) electrons. The third-order valence-corrected chi connectivity index (χ3v) is 9.05. The third-order valence-electron chi connectivity index (χ3n) is 9.05. The van der Waals surface area contributed by atoms with Crippen LogP contribution in [0.5, 0.6) is 0 Å². The lowest BCUT2D eigenvalue weighted by molar-refractivity contribution is -0.143. The predicted molar refractivity (Wildman–Crippen MR) is 165 cm³/mol. The van der Waals surface area contributed by atoms with Crippen molar-refractivity contribution in [3.05, 3.63) is 83.0 Å². The number of aliphatic carboxylic acids is 1. The lowest BCUT2D eigenvalue weighted by atomic mass is 9.78. The molecule has 3 N–H and O–H groups in total. The summed E-state index contributed by atoms with van der Waals surface area (Å²) in [5.74, 6) is 1.64. The number of hydrogen-bond donors (Lipinski definition) is 3. The molecule has 0 saturated heterocycles. The van der Waals surface area contributed by atoms with Gasteiger partial charge in [0.05, 0.1) is 17.7 Å². The molecule has 0 spiro atoms. The summed E-state index contributed by atoms with van der Waals surface area (Å²) in [6.45, 7) is 3.05. The van der Waals surface area contributed by atoms with Crippen LogP contribution in [0.1, 0.15) is 79.8 Å². The number of aryl methyl sites for hydroxylation is 1. The molecule has 7 nitrogen and oxygen atoms in total. The molecule has 2 aromatic carbocycles. The van der Waals surface area contributed by atoms with Crippen LogP contribution in [0, 0.1) is 11.8 Å².